The zero-order chi connectivity index (χ0) is 57.0. The van der Waals surface area contributed by atoms with Gasteiger partial charge in [0.2, 0.25) is 0 Å². The molecule has 0 amide bonds. The zero-order valence-electron chi connectivity index (χ0n) is 51.1. The molecule has 0 heterocycles. The molecular weight excluding hydrogens is 990 g/mol. The van der Waals surface area contributed by atoms with E-state index < -0.39 is 26.5 Å². The van der Waals surface area contributed by atoms with Crippen LogP contribution in [0.1, 0.15) is 271 Å². The number of rotatable bonds is 58. The first-order valence-corrected chi connectivity index (χ1v) is 33.4. The lowest BCUT2D eigenvalue weighted by molar-refractivity contribution is -0.870. The third-order valence-electron chi connectivity index (χ3n) is 13.6. The third-order valence-corrected chi connectivity index (χ3v) is 14.6. The highest BCUT2D eigenvalue weighted by atomic mass is 31.2. The number of allylic oxidation sites excluding steroid dienone is 16. The predicted octanol–water partition coefficient (Wildman–Crippen LogP) is 19.7. The van der Waals surface area contributed by atoms with Crippen molar-refractivity contribution in [1.29, 1.82) is 0 Å². The maximum absolute atomic E-state index is 12.8. The Morgan fingerprint density at radius 1 is 0.410 bits per heavy atom. The molecule has 0 aromatic carbocycles. The van der Waals surface area contributed by atoms with Crippen molar-refractivity contribution in [2.24, 2.45) is 0 Å². The summed E-state index contributed by atoms with van der Waals surface area (Å²) >= 11 is 0. The molecular formula is C68H120NO8P. The van der Waals surface area contributed by atoms with Crippen LogP contribution in [0.4, 0.5) is 0 Å². The number of phosphoric ester groups is 1. The van der Waals surface area contributed by atoms with Crippen molar-refractivity contribution in [2.45, 2.75) is 277 Å². The highest BCUT2D eigenvalue weighted by Crippen LogP contribution is 2.38. The van der Waals surface area contributed by atoms with Gasteiger partial charge in [0, 0.05) is 12.8 Å². The lowest BCUT2D eigenvalue weighted by Crippen LogP contribution is -2.37. The van der Waals surface area contributed by atoms with Crippen LogP contribution in [0.25, 0.3) is 0 Å². The minimum atomic E-state index is -4.65. The number of likely N-dealkylation sites (N-methyl/N-ethyl adjacent to an activating group) is 1. The third kappa shape index (κ3) is 62.1. The molecule has 0 rings (SSSR count). The molecule has 2 unspecified atom stereocenters. The SMILES string of the molecule is CC/C=C\C/C=C\C/C=C\C/C=C\C/C=C\CCCCCCCC(=O)OC(COC(=O)CCCCCCCCCCCCCCCCCCCC/C=C\C/C=C\C/C=C\CCCCCCC)COP(=O)([O-])OCC[N+](C)(C)C. The fraction of sp³-hybridized carbons (Fsp3) is 0.735. The number of esters is 2. The molecule has 0 spiro atoms. The standard InChI is InChI=1S/C68H120NO8P/c1-6-8-10-12-14-16-18-20-22-24-26-28-29-30-31-32-33-34-35-36-37-38-39-41-42-44-46-48-50-52-54-56-58-60-67(70)74-64-66(65-76-78(72,73)75-63-62-69(3,4)5)77-68(71)61-59-57-55-53-51-49-47-45-43-40-27-25-23-21-19-17-15-13-11-9-7-2/h9,11,15,17-18,20-21,23-24,26-27,29-30,40,45,47,66H,6-8,10,12-14,16,19,22,25,28,31-39,41-44,46,48-65H2,1-5H3/b11-9-,17-15-,20-18-,23-21-,26-24-,30-29-,40-27-,47-45-. The van der Waals surface area contributed by atoms with Crippen LogP contribution in [0.15, 0.2) is 97.2 Å². The average Bonchev–Trinajstić information content (AvgIpc) is 3.41. The van der Waals surface area contributed by atoms with Crippen molar-refractivity contribution >= 4 is 19.8 Å². The van der Waals surface area contributed by atoms with Crippen LogP contribution in [0.5, 0.6) is 0 Å². The second kappa shape index (κ2) is 58.6. The Morgan fingerprint density at radius 2 is 0.731 bits per heavy atom. The Labute approximate surface area is 481 Å². The molecule has 0 aliphatic rings. The minimum Gasteiger partial charge on any atom is -0.756 e. The van der Waals surface area contributed by atoms with Gasteiger partial charge in [-0.25, -0.2) is 0 Å². The van der Waals surface area contributed by atoms with Crippen molar-refractivity contribution in [2.75, 3.05) is 47.5 Å². The van der Waals surface area contributed by atoms with E-state index in [4.69, 9.17) is 18.5 Å². The van der Waals surface area contributed by atoms with Crippen molar-refractivity contribution in [1.82, 2.24) is 0 Å². The molecule has 78 heavy (non-hydrogen) atoms. The Hall–Kier alpha value is -3.07. The molecule has 9 nitrogen and oxygen atoms in total. The Morgan fingerprint density at radius 3 is 1.09 bits per heavy atom. The van der Waals surface area contributed by atoms with E-state index in [0.29, 0.717) is 17.4 Å². The summed E-state index contributed by atoms with van der Waals surface area (Å²) < 4.78 is 34.2. The highest BCUT2D eigenvalue weighted by Gasteiger charge is 2.22. The quantitative estimate of drug-likeness (QED) is 0.0195. The second-order valence-electron chi connectivity index (χ2n) is 22.4. The number of hydrogen-bond donors (Lipinski definition) is 0. The van der Waals surface area contributed by atoms with Crippen molar-refractivity contribution in [3.05, 3.63) is 97.2 Å². The van der Waals surface area contributed by atoms with Crippen LogP contribution in [-0.2, 0) is 32.7 Å². The summed E-state index contributed by atoms with van der Waals surface area (Å²) in [6.07, 6.45) is 80.4. The number of quaternary nitrogens is 1. The normalized spacial score (nSPS) is 13.9. The van der Waals surface area contributed by atoms with Crippen LogP contribution in [0, 0.1) is 0 Å². The van der Waals surface area contributed by atoms with E-state index in [9.17, 15) is 19.0 Å². The smallest absolute Gasteiger partial charge is 0.306 e. The molecule has 0 fully saturated rings. The number of ether oxygens (including phenoxy) is 2. The zero-order valence-corrected chi connectivity index (χ0v) is 52.0. The molecule has 0 aliphatic carbocycles. The van der Waals surface area contributed by atoms with E-state index in [1.54, 1.807) is 0 Å². The number of nitrogens with zero attached hydrogens (tertiary/aromatic N) is 1. The first-order chi connectivity index (χ1) is 38.0. The molecule has 0 N–H and O–H groups in total. The second-order valence-corrected chi connectivity index (χ2v) is 23.8. The van der Waals surface area contributed by atoms with Crippen molar-refractivity contribution in [3.8, 4) is 0 Å². The number of carbonyl (C=O) groups excluding carboxylic acids is 2. The van der Waals surface area contributed by atoms with Gasteiger partial charge in [-0.05, 0) is 96.3 Å². The van der Waals surface area contributed by atoms with Crippen LogP contribution >= 0.6 is 7.82 Å². The first-order valence-electron chi connectivity index (χ1n) is 31.9. The lowest BCUT2D eigenvalue weighted by Gasteiger charge is -2.28. The van der Waals surface area contributed by atoms with Gasteiger partial charge in [0.15, 0.2) is 6.10 Å². The molecule has 0 aromatic heterocycles. The van der Waals surface area contributed by atoms with E-state index in [1.807, 2.05) is 21.1 Å². The summed E-state index contributed by atoms with van der Waals surface area (Å²) in [5.41, 5.74) is 0. The van der Waals surface area contributed by atoms with Gasteiger partial charge in [0.1, 0.15) is 19.8 Å². The molecule has 0 aliphatic heterocycles. The molecule has 10 heteroatoms. The molecule has 0 saturated carbocycles. The van der Waals surface area contributed by atoms with Gasteiger partial charge >= 0.3 is 11.9 Å². The van der Waals surface area contributed by atoms with Gasteiger partial charge in [-0.2, -0.15) is 0 Å². The summed E-state index contributed by atoms with van der Waals surface area (Å²) in [5.74, 6) is -0.853. The number of unbranched alkanes of at least 4 members (excludes halogenated alkanes) is 28. The lowest BCUT2D eigenvalue weighted by atomic mass is 10.0. The monoisotopic (exact) mass is 1110 g/mol. The molecule has 0 radical (unpaired) electrons. The van der Waals surface area contributed by atoms with Crippen molar-refractivity contribution in [3.63, 3.8) is 0 Å². The van der Waals surface area contributed by atoms with Gasteiger partial charge in [0.25, 0.3) is 7.82 Å². The average molecular weight is 1110 g/mol. The van der Waals surface area contributed by atoms with E-state index in [-0.39, 0.29) is 32.0 Å². The number of carbonyl (C=O) groups is 2. The first kappa shape index (κ1) is 74.9. The maximum Gasteiger partial charge on any atom is 0.306 e. The van der Waals surface area contributed by atoms with E-state index >= 15 is 0 Å². The van der Waals surface area contributed by atoms with Gasteiger partial charge in [-0.1, -0.05) is 259 Å². The Balaban J connectivity index is 4.08. The maximum atomic E-state index is 12.8. The summed E-state index contributed by atoms with van der Waals surface area (Å²) in [5, 5.41) is 0. The molecule has 0 saturated heterocycles. The van der Waals surface area contributed by atoms with Gasteiger partial charge in [0.05, 0.1) is 27.7 Å². The highest BCUT2D eigenvalue weighted by molar-refractivity contribution is 7.45. The van der Waals surface area contributed by atoms with Gasteiger partial charge < -0.3 is 27.9 Å². The Bertz CT molecular complexity index is 1640. The topological polar surface area (TPSA) is 111 Å². The Kier molecular flexibility index (Phi) is 56.3. The van der Waals surface area contributed by atoms with E-state index in [1.165, 1.54) is 141 Å². The molecule has 0 aromatic rings. The minimum absolute atomic E-state index is 0.0387. The van der Waals surface area contributed by atoms with Crippen LogP contribution in [0.3, 0.4) is 0 Å². The molecule has 450 valence electrons. The van der Waals surface area contributed by atoms with Gasteiger partial charge in [-0.15, -0.1) is 0 Å². The molecule has 2 atom stereocenters. The number of phosphoric acid groups is 1. The van der Waals surface area contributed by atoms with E-state index in [0.717, 1.165) is 96.3 Å². The van der Waals surface area contributed by atoms with Crippen molar-refractivity contribution < 1.29 is 42.1 Å². The van der Waals surface area contributed by atoms with Crippen LogP contribution < -0.4 is 4.89 Å². The van der Waals surface area contributed by atoms with Gasteiger partial charge in [-0.3, -0.25) is 14.2 Å². The van der Waals surface area contributed by atoms with Crippen LogP contribution in [0.2, 0.25) is 0 Å². The fourth-order valence-corrected chi connectivity index (χ4v) is 9.42. The predicted molar refractivity (Wildman–Crippen MR) is 332 cm³/mol. The summed E-state index contributed by atoms with van der Waals surface area (Å²) in [6.45, 7) is 4.10. The summed E-state index contributed by atoms with van der Waals surface area (Å²) in [6, 6.07) is 0. The van der Waals surface area contributed by atoms with Crippen LogP contribution in [-0.4, -0.2) is 70.0 Å². The number of hydrogen-bond acceptors (Lipinski definition) is 8. The molecule has 0 bridgehead atoms. The largest absolute Gasteiger partial charge is 0.756 e. The summed E-state index contributed by atoms with van der Waals surface area (Å²) in [7, 11) is 1.15. The van der Waals surface area contributed by atoms with E-state index in [2.05, 4.69) is 111 Å². The summed E-state index contributed by atoms with van der Waals surface area (Å²) in [4.78, 5) is 37.9. The fourth-order valence-electron chi connectivity index (χ4n) is 8.69.